The molecule has 0 unspecified atom stereocenters. The van der Waals surface area contributed by atoms with Crippen LogP contribution in [0.25, 0.3) is 0 Å². The van der Waals surface area contributed by atoms with Gasteiger partial charge in [0.25, 0.3) is 0 Å². The molecule has 1 amide bonds. The molecule has 1 aromatic carbocycles. The predicted molar refractivity (Wildman–Crippen MR) is 71.2 cm³/mol. The normalized spacial score (nSPS) is 9.38. The molecule has 3 nitrogen and oxygen atoms in total. The lowest BCUT2D eigenvalue weighted by Crippen LogP contribution is -2.31. The number of halogens is 1. The largest absolute Gasteiger partial charge is 0.354 e. The van der Waals surface area contributed by atoms with E-state index in [2.05, 4.69) is 36.5 Å². The first kappa shape index (κ1) is 15.3. The highest BCUT2D eigenvalue weighted by Crippen LogP contribution is 2.17. The first-order valence-electron chi connectivity index (χ1n) is 4.88. The molecule has 0 aliphatic rings. The Hall–Kier alpha value is -0.710. The van der Waals surface area contributed by atoms with Gasteiger partial charge in [-0.25, -0.2) is 0 Å². The van der Waals surface area contributed by atoms with Crippen molar-refractivity contribution in [3.63, 3.8) is 0 Å². The van der Waals surface area contributed by atoms with E-state index >= 15 is 0 Å². The number of carbonyl (C=O) groups excluding carboxylic acids is 1. The molecule has 3 N–H and O–H groups in total. The second-order valence-electron chi connectivity index (χ2n) is 3.22. The fraction of sp³-hybridized carbons (Fsp3) is 0.364. The highest BCUT2D eigenvalue weighted by atomic mass is 35.5. The Labute approximate surface area is 107 Å². The van der Waals surface area contributed by atoms with Crippen molar-refractivity contribution in [1.82, 2.24) is 5.32 Å². The average Bonchev–Trinajstić information content (AvgIpc) is 2.26. The van der Waals surface area contributed by atoms with Gasteiger partial charge in [-0.3, -0.25) is 4.79 Å². The van der Waals surface area contributed by atoms with E-state index in [9.17, 15) is 4.79 Å². The summed E-state index contributed by atoms with van der Waals surface area (Å²) in [6.45, 7) is 2.79. The van der Waals surface area contributed by atoms with Crippen LogP contribution in [0.3, 0.4) is 0 Å². The van der Waals surface area contributed by atoms with Crippen LogP contribution in [0.4, 0.5) is 0 Å². The van der Waals surface area contributed by atoms with E-state index in [4.69, 9.17) is 5.73 Å². The number of aryl methyl sites for hydroxylation is 1. The van der Waals surface area contributed by atoms with Gasteiger partial charge in [0.15, 0.2) is 0 Å². The number of rotatable bonds is 5. The Morgan fingerprint density at radius 3 is 2.56 bits per heavy atom. The van der Waals surface area contributed by atoms with Gasteiger partial charge in [-0.2, -0.15) is 0 Å². The first-order chi connectivity index (χ1) is 7.22. The summed E-state index contributed by atoms with van der Waals surface area (Å²) >= 11 is 1.73. The van der Waals surface area contributed by atoms with Gasteiger partial charge < -0.3 is 11.1 Å². The molecular formula is C11H17ClN2OS. The number of hydrogen-bond acceptors (Lipinski definition) is 3. The van der Waals surface area contributed by atoms with Crippen LogP contribution in [0.15, 0.2) is 29.2 Å². The van der Waals surface area contributed by atoms with E-state index in [1.165, 1.54) is 10.5 Å². The lowest BCUT2D eigenvalue weighted by atomic mass is 10.2. The third-order valence-corrected chi connectivity index (χ3v) is 2.91. The Morgan fingerprint density at radius 1 is 1.38 bits per heavy atom. The number of amides is 1. The van der Waals surface area contributed by atoms with Gasteiger partial charge in [-0.05, 0) is 19.1 Å². The third kappa shape index (κ3) is 6.00. The summed E-state index contributed by atoms with van der Waals surface area (Å²) < 4.78 is 0. The quantitative estimate of drug-likeness (QED) is 0.624. The molecule has 0 fully saturated rings. The van der Waals surface area contributed by atoms with Gasteiger partial charge in [-0.1, -0.05) is 17.7 Å². The number of nitrogens with one attached hydrogen (secondary N) is 1. The van der Waals surface area contributed by atoms with Gasteiger partial charge >= 0.3 is 0 Å². The lowest BCUT2D eigenvalue weighted by Gasteiger charge is -2.03. The molecule has 0 heterocycles. The summed E-state index contributed by atoms with van der Waals surface area (Å²) in [5.74, 6) is 0.772. The van der Waals surface area contributed by atoms with E-state index < -0.39 is 0 Å². The van der Waals surface area contributed by atoms with Crippen molar-refractivity contribution in [2.45, 2.75) is 11.8 Å². The Morgan fingerprint density at radius 2 is 2.00 bits per heavy atom. The molecule has 0 radical (unpaired) electrons. The zero-order valence-corrected chi connectivity index (χ0v) is 10.9. The summed E-state index contributed by atoms with van der Waals surface area (Å²) in [5, 5.41) is 2.73. The molecule has 0 atom stereocenters. The second kappa shape index (κ2) is 8.44. The highest BCUT2D eigenvalue weighted by molar-refractivity contribution is 7.99. The molecule has 1 aromatic rings. The molecule has 5 heteroatoms. The fourth-order valence-corrected chi connectivity index (χ4v) is 1.83. The van der Waals surface area contributed by atoms with Crippen LogP contribution in [-0.2, 0) is 4.79 Å². The molecular weight excluding hydrogens is 244 g/mol. The SMILES string of the molecule is Cc1ccc(SCCNC(=O)CN)cc1.Cl. The van der Waals surface area contributed by atoms with E-state index in [0.29, 0.717) is 6.54 Å². The number of benzene rings is 1. The van der Waals surface area contributed by atoms with Crippen molar-refractivity contribution in [3.8, 4) is 0 Å². The van der Waals surface area contributed by atoms with E-state index in [1.807, 2.05) is 0 Å². The fourth-order valence-electron chi connectivity index (χ4n) is 1.07. The van der Waals surface area contributed by atoms with E-state index in [-0.39, 0.29) is 24.9 Å². The zero-order chi connectivity index (χ0) is 11.1. The highest BCUT2D eigenvalue weighted by Gasteiger charge is 1.96. The van der Waals surface area contributed by atoms with Crippen LogP contribution in [0.1, 0.15) is 5.56 Å². The summed E-state index contributed by atoms with van der Waals surface area (Å²) in [6, 6.07) is 8.34. The number of thioether (sulfide) groups is 1. The average molecular weight is 261 g/mol. The van der Waals surface area contributed by atoms with Crippen LogP contribution in [-0.4, -0.2) is 24.7 Å². The smallest absolute Gasteiger partial charge is 0.233 e. The summed E-state index contributed by atoms with van der Waals surface area (Å²) in [7, 11) is 0. The van der Waals surface area contributed by atoms with Crippen molar-refractivity contribution in [2.24, 2.45) is 5.73 Å². The van der Waals surface area contributed by atoms with Crippen LogP contribution in [0.2, 0.25) is 0 Å². The minimum atomic E-state index is -0.0977. The molecule has 0 bridgehead atoms. The van der Waals surface area contributed by atoms with E-state index in [0.717, 1.165) is 5.75 Å². The number of hydrogen-bond donors (Lipinski definition) is 2. The molecule has 0 spiro atoms. The van der Waals surface area contributed by atoms with Gasteiger partial charge in [0, 0.05) is 17.2 Å². The topological polar surface area (TPSA) is 55.1 Å². The Kier molecular flexibility index (Phi) is 8.07. The minimum Gasteiger partial charge on any atom is -0.354 e. The van der Waals surface area contributed by atoms with Crippen LogP contribution >= 0.6 is 24.2 Å². The summed E-state index contributed by atoms with van der Waals surface area (Å²) in [6.07, 6.45) is 0. The third-order valence-electron chi connectivity index (χ3n) is 1.90. The number of nitrogens with two attached hydrogens (primary N) is 1. The Bertz CT molecular complexity index is 316. The second-order valence-corrected chi connectivity index (χ2v) is 4.38. The summed E-state index contributed by atoms with van der Waals surface area (Å²) in [5.41, 5.74) is 6.42. The van der Waals surface area contributed by atoms with Crippen LogP contribution in [0.5, 0.6) is 0 Å². The molecule has 90 valence electrons. The molecule has 16 heavy (non-hydrogen) atoms. The molecule has 0 saturated carbocycles. The molecule has 1 rings (SSSR count). The predicted octanol–water partition coefficient (Wildman–Crippen LogP) is 1.58. The molecule has 0 saturated heterocycles. The number of carbonyl (C=O) groups is 1. The monoisotopic (exact) mass is 260 g/mol. The van der Waals surface area contributed by atoms with Crippen molar-refractivity contribution >= 4 is 30.1 Å². The van der Waals surface area contributed by atoms with Gasteiger partial charge in [-0.15, -0.1) is 24.2 Å². The van der Waals surface area contributed by atoms with Gasteiger partial charge in [0.05, 0.1) is 6.54 Å². The standard InChI is InChI=1S/C11H16N2OS.ClH/c1-9-2-4-10(5-3-9)15-7-6-13-11(14)8-12;/h2-5H,6-8,12H2,1H3,(H,13,14);1H. The molecule has 0 aliphatic heterocycles. The van der Waals surface area contributed by atoms with Crippen molar-refractivity contribution in [2.75, 3.05) is 18.8 Å². The first-order valence-corrected chi connectivity index (χ1v) is 5.87. The zero-order valence-electron chi connectivity index (χ0n) is 9.23. The maximum absolute atomic E-state index is 10.8. The van der Waals surface area contributed by atoms with Crippen LogP contribution < -0.4 is 11.1 Å². The molecule has 0 aromatic heterocycles. The van der Waals surface area contributed by atoms with Crippen molar-refractivity contribution < 1.29 is 4.79 Å². The molecule has 0 aliphatic carbocycles. The van der Waals surface area contributed by atoms with Crippen molar-refractivity contribution in [1.29, 1.82) is 0 Å². The maximum atomic E-state index is 10.8. The van der Waals surface area contributed by atoms with Gasteiger partial charge in [0.2, 0.25) is 5.91 Å². The van der Waals surface area contributed by atoms with Crippen LogP contribution in [0, 0.1) is 6.92 Å². The van der Waals surface area contributed by atoms with Gasteiger partial charge in [0.1, 0.15) is 0 Å². The summed E-state index contributed by atoms with van der Waals surface area (Å²) in [4.78, 5) is 12.0. The lowest BCUT2D eigenvalue weighted by molar-refractivity contribution is -0.119. The Balaban J connectivity index is 0.00000225. The van der Waals surface area contributed by atoms with E-state index in [1.54, 1.807) is 11.8 Å². The maximum Gasteiger partial charge on any atom is 0.233 e. The minimum absolute atomic E-state index is 0. The van der Waals surface area contributed by atoms with Crippen molar-refractivity contribution in [3.05, 3.63) is 29.8 Å².